The van der Waals surface area contributed by atoms with Gasteiger partial charge in [-0.15, -0.1) is 0 Å². The summed E-state index contributed by atoms with van der Waals surface area (Å²) in [4.78, 5) is -0.0306. The van der Waals surface area contributed by atoms with Crippen molar-refractivity contribution in [2.45, 2.75) is 24.3 Å². The smallest absolute Gasteiger partial charge is 0.244 e. The maximum absolute atomic E-state index is 12.1. The van der Waals surface area contributed by atoms with E-state index in [9.17, 15) is 8.42 Å². The Morgan fingerprint density at radius 1 is 1.50 bits per heavy atom. The van der Waals surface area contributed by atoms with Crippen LogP contribution in [0.4, 0.5) is 5.69 Å². The molecule has 0 saturated carbocycles. The number of aliphatic hydroxyl groups excluding tert-OH is 1. The van der Waals surface area contributed by atoms with Gasteiger partial charge in [-0.05, 0) is 24.6 Å². The van der Waals surface area contributed by atoms with Gasteiger partial charge in [-0.1, -0.05) is 6.92 Å². The molecule has 1 aromatic carbocycles. The van der Waals surface area contributed by atoms with Crippen LogP contribution < -0.4 is 15.2 Å². The van der Waals surface area contributed by atoms with Crippen molar-refractivity contribution in [2.75, 3.05) is 19.5 Å². The zero-order chi connectivity index (χ0) is 13.8. The average molecular weight is 274 g/mol. The molecular weight excluding hydrogens is 256 g/mol. The molecule has 102 valence electrons. The summed E-state index contributed by atoms with van der Waals surface area (Å²) in [7, 11) is -2.38. The monoisotopic (exact) mass is 274 g/mol. The number of ether oxygens (including phenoxy) is 1. The number of hydrogen-bond donors (Lipinski definition) is 3. The van der Waals surface area contributed by atoms with Gasteiger partial charge in [0, 0.05) is 11.7 Å². The average Bonchev–Trinajstić information content (AvgIpc) is 2.36. The number of nitrogens with two attached hydrogens (primary N) is 1. The molecule has 1 unspecified atom stereocenters. The molecule has 7 heteroatoms. The molecule has 0 bridgehead atoms. The van der Waals surface area contributed by atoms with Crippen molar-refractivity contribution in [1.29, 1.82) is 0 Å². The van der Waals surface area contributed by atoms with Crippen LogP contribution in [-0.4, -0.2) is 33.3 Å². The van der Waals surface area contributed by atoms with E-state index in [4.69, 9.17) is 15.6 Å². The summed E-state index contributed by atoms with van der Waals surface area (Å²) in [6.45, 7) is 1.51. The SMILES string of the molecule is CCC(CO)NS(=O)(=O)c1cc(N)ccc1OC. The molecule has 1 rings (SSSR count). The molecule has 0 aliphatic rings. The Morgan fingerprint density at radius 2 is 2.17 bits per heavy atom. The fourth-order valence-electron chi connectivity index (χ4n) is 1.44. The van der Waals surface area contributed by atoms with Crippen molar-refractivity contribution in [3.05, 3.63) is 18.2 Å². The summed E-state index contributed by atoms with van der Waals surface area (Å²) in [5.74, 6) is 0.212. The summed E-state index contributed by atoms with van der Waals surface area (Å²) in [5.41, 5.74) is 5.90. The second-order valence-electron chi connectivity index (χ2n) is 3.82. The van der Waals surface area contributed by atoms with Gasteiger partial charge in [0.05, 0.1) is 13.7 Å². The lowest BCUT2D eigenvalue weighted by molar-refractivity contribution is 0.253. The summed E-state index contributed by atoms with van der Waals surface area (Å²) >= 11 is 0. The highest BCUT2D eigenvalue weighted by molar-refractivity contribution is 7.89. The predicted octanol–water partition coefficient (Wildman–Crippen LogP) is 0.327. The van der Waals surface area contributed by atoms with Gasteiger partial charge in [-0.2, -0.15) is 0 Å². The van der Waals surface area contributed by atoms with Gasteiger partial charge in [-0.3, -0.25) is 0 Å². The van der Waals surface area contributed by atoms with Crippen LogP contribution in [0.15, 0.2) is 23.1 Å². The summed E-state index contributed by atoms with van der Waals surface area (Å²) in [5, 5.41) is 9.03. The highest BCUT2D eigenvalue weighted by atomic mass is 32.2. The first-order valence-corrected chi connectivity index (χ1v) is 6.99. The van der Waals surface area contributed by atoms with Crippen LogP contribution in [0.2, 0.25) is 0 Å². The quantitative estimate of drug-likeness (QED) is 0.649. The lowest BCUT2D eigenvalue weighted by Crippen LogP contribution is -2.37. The Kier molecular flexibility index (Phi) is 4.94. The standard InChI is InChI=1S/C11H18N2O4S/c1-3-9(7-14)13-18(15,16)11-6-8(12)4-5-10(11)17-2/h4-6,9,13-14H,3,7,12H2,1-2H3. The molecule has 4 N–H and O–H groups in total. The van der Waals surface area contributed by atoms with E-state index in [1.807, 2.05) is 0 Å². The number of benzene rings is 1. The second kappa shape index (κ2) is 6.03. The lowest BCUT2D eigenvalue weighted by atomic mass is 10.3. The minimum Gasteiger partial charge on any atom is -0.495 e. The maximum Gasteiger partial charge on any atom is 0.244 e. The van der Waals surface area contributed by atoms with Gasteiger partial charge >= 0.3 is 0 Å². The van der Waals surface area contributed by atoms with Gasteiger partial charge in [0.1, 0.15) is 10.6 Å². The van der Waals surface area contributed by atoms with Crippen LogP contribution in [0, 0.1) is 0 Å². The maximum atomic E-state index is 12.1. The van der Waals surface area contributed by atoms with E-state index in [0.717, 1.165) is 0 Å². The van der Waals surface area contributed by atoms with Crippen LogP contribution in [0.5, 0.6) is 5.75 Å². The highest BCUT2D eigenvalue weighted by Gasteiger charge is 2.22. The Bertz CT molecular complexity index is 498. The van der Waals surface area contributed by atoms with Crippen molar-refractivity contribution >= 4 is 15.7 Å². The third-order valence-electron chi connectivity index (χ3n) is 2.51. The van der Waals surface area contributed by atoms with E-state index in [-0.39, 0.29) is 17.3 Å². The van der Waals surface area contributed by atoms with Crippen molar-refractivity contribution in [3.63, 3.8) is 0 Å². The Balaban J connectivity index is 3.15. The lowest BCUT2D eigenvalue weighted by Gasteiger charge is -2.16. The molecule has 0 aliphatic heterocycles. The summed E-state index contributed by atoms with van der Waals surface area (Å²) in [6, 6.07) is 3.84. The largest absolute Gasteiger partial charge is 0.495 e. The van der Waals surface area contributed by atoms with Gasteiger partial charge in [0.2, 0.25) is 10.0 Å². The molecule has 0 radical (unpaired) electrons. The number of nitrogen functional groups attached to an aromatic ring is 1. The zero-order valence-corrected chi connectivity index (χ0v) is 11.2. The first-order valence-electron chi connectivity index (χ1n) is 5.51. The molecule has 0 fully saturated rings. The van der Waals surface area contributed by atoms with E-state index in [0.29, 0.717) is 12.1 Å². The van der Waals surface area contributed by atoms with E-state index >= 15 is 0 Å². The molecule has 18 heavy (non-hydrogen) atoms. The Morgan fingerprint density at radius 3 is 2.67 bits per heavy atom. The van der Waals surface area contributed by atoms with E-state index in [1.165, 1.54) is 19.2 Å². The fraction of sp³-hybridized carbons (Fsp3) is 0.455. The minimum atomic E-state index is -3.76. The van der Waals surface area contributed by atoms with Crippen molar-refractivity contribution in [3.8, 4) is 5.75 Å². The third kappa shape index (κ3) is 3.34. The normalized spacial score (nSPS) is 13.3. The number of rotatable bonds is 6. The molecule has 1 aromatic rings. The molecule has 0 amide bonds. The first-order chi connectivity index (χ1) is 8.44. The first kappa shape index (κ1) is 14.7. The molecule has 0 saturated heterocycles. The molecule has 0 spiro atoms. The number of aliphatic hydroxyl groups is 1. The third-order valence-corrected chi connectivity index (χ3v) is 4.05. The number of nitrogens with one attached hydrogen (secondary N) is 1. The molecule has 6 nitrogen and oxygen atoms in total. The zero-order valence-electron chi connectivity index (χ0n) is 10.4. The Hall–Kier alpha value is -1.31. The van der Waals surface area contributed by atoms with Crippen molar-refractivity contribution < 1.29 is 18.3 Å². The van der Waals surface area contributed by atoms with E-state index in [1.54, 1.807) is 13.0 Å². The van der Waals surface area contributed by atoms with Crippen LogP contribution in [-0.2, 0) is 10.0 Å². The van der Waals surface area contributed by atoms with Gasteiger partial charge < -0.3 is 15.6 Å². The van der Waals surface area contributed by atoms with Gasteiger partial charge in [0.25, 0.3) is 0 Å². The van der Waals surface area contributed by atoms with E-state index in [2.05, 4.69) is 4.72 Å². The molecule has 0 aromatic heterocycles. The summed E-state index contributed by atoms with van der Waals surface area (Å²) in [6.07, 6.45) is 0.486. The van der Waals surface area contributed by atoms with Gasteiger partial charge in [-0.25, -0.2) is 13.1 Å². The van der Waals surface area contributed by atoms with Gasteiger partial charge in [0.15, 0.2) is 0 Å². The van der Waals surface area contributed by atoms with Crippen molar-refractivity contribution in [2.24, 2.45) is 0 Å². The fourth-order valence-corrected chi connectivity index (χ4v) is 2.95. The summed E-state index contributed by atoms with van der Waals surface area (Å²) < 4.78 is 31.7. The van der Waals surface area contributed by atoms with Crippen LogP contribution >= 0.6 is 0 Å². The van der Waals surface area contributed by atoms with Crippen LogP contribution in [0.3, 0.4) is 0 Å². The number of anilines is 1. The van der Waals surface area contributed by atoms with Crippen molar-refractivity contribution in [1.82, 2.24) is 4.72 Å². The second-order valence-corrected chi connectivity index (χ2v) is 5.50. The minimum absolute atomic E-state index is 0.0306. The molecule has 1 atom stereocenters. The number of hydrogen-bond acceptors (Lipinski definition) is 5. The molecule has 0 aliphatic carbocycles. The van der Waals surface area contributed by atoms with Crippen LogP contribution in [0.25, 0.3) is 0 Å². The molecule has 0 heterocycles. The number of methoxy groups -OCH3 is 1. The van der Waals surface area contributed by atoms with Crippen LogP contribution in [0.1, 0.15) is 13.3 Å². The topological polar surface area (TPSA) is 102 Å². The predicted molar refractivity (Wildman–Crippen MR) is 68.9 cm³/mol. The van der Waals surface area contributed by atoms with E-state index < -0.39 is 16.1 Å². The highest BCUT2D eigenvalue weighted by Crippen LogP contribution is 2.25. The Labute approximate surface area is 107 Å². The molecular formula is C11H18N2O4S. The number of sulfonamides is 1.